The molecule has 0 atom stereocenters. The number of thiazole rings is 1. The zero-order valence-corrected chi connectivity index (χ0v) is 13.1. The highest BCUT2D eigenvalue weighted by Gasteiger charge is 2.17. The molecule has 2 aromatic rings. The van der Waals surface area contributed by atoms with Crippen molar-refractivity contribution in [1.82, 2.24) is 15.2 Å². The molecule has 0 fully saturated rings. The number of carbonyl (C=O) groups is 2. The van der Waals surface area contributed by atoms with Crippen LogP contribution in [0, 0.1) is 6.92 Å². The molecule has 0 bridgehead atoms. The number of carbonyl (C=O) groups excluding carboxylic acids is 2. The Balaban J connectivity index is 2.09. The van der Waals surface area contributed by atoms with Crippen molar-refractivity contribution in [1.29, 1.82) is 0 Å². The maximum Gasteiger partial charge on any atom is 0.263 e. The van der Waals surface area contributed by atoms with Gasteiger partial charge in [-0.25, -0.2) is 4.98 Å². The van der Waals surface area contributed by atoms with Gasteiger partial charge in [0.05, 0.1) is 12.2 Å². The fourth-order valence-corrected chi connectivity index (χ4v) is 3.21. The van der Waals surface area contributed by atoms with E-state index in [2.05, 4.69) is 10.3 Å². The summed E-state index contributed by atoms with van der Waals surface area (Å²) in [7, 11) is 3.31. The number of likely N-dealkylation sites (N-methyl/N-ethyl adjacent to an activating group) is 1. The number of rotatable bonds is 4. The zero-order valence-electron chi connectivity index (χ0n) is 11.5. The quantitative estimate of drug-likeness (QED) is 0.939. The highest BCUT2D eigenvalue weighted by atomic mass is 32.1. The molecule has 5 nitrogen and oxygen atoms in total. The Morgan fingerprint density at radius 2 is 2.15 bits per heavy atom. The van der Waals surface area contributed by atoms with E-state index in [9.17, 15) is 9.59 Å². The molecule has 0 aromatic carbocycles. The second-order valence-corrected chi connectivity index (χ2v) is 6.20. The summed E-state index contributed by atoms with van der Waals surface area (Å²) >= 11 is 2.94. The molecule has 0 radical (unpaired) electrons. The number of nitrogens with zero attached hydrogens (tertiary/aromatic N) is 2. The van der Waals surface area contributed by atoms with Crippen LogP contribution in [0.25, 0.3) is 10.6 Å². The van der Waals surface area contributed by atoms with Crippen LogP contribution in [0.1, 0.15) is 15.4 Å². The first-order chi connectivity index (χ1) is 9.49. The lowest BCUT2D eigenvalue weighted by molar-refractivity contribution is -0.127. The van der Waals surface area contributed by atoms with E-state index in [4.69, 9.17) is 0 Å². The second kappa shape index (κ2) is 6.15. The highest BCUT2D eigenvalue weighted by Crippen LogP contribution is 2.29. The Hall–Kier alpha value is -1.73. The van der Waals surface area contributed by atoms with Crippen molar-refractivity contribution in [2.24, 2.45) is 0 Å². The molecule has 0 aliphatic carbocycles. The zero-order chi connectivity index (χ0) is 14.7. The van der Waals surface area contributed by atoms with Gasteiger partial charge < -0.3 is 10.2 Å². The Morgan fingerprint density at radius 3 is 2.75 bits per heavy atom. The third-order valence-corrected chi connectivity index (χ3v) is 4.56. The average molecular weight is 309 g/mol. The minimum atomic E-state index is -0.253. The summed E-state index contributed by atoms with van der Waals surface area (Å²) in [6, 6.07) is 1.97. The number of nitrogens with one attached hydrogen (secondary N) is 1. The van der Waals surface area contributed by atoms with Crippen LogP contribution in [-0.2, 0) is 4.79 Å². The molecule has 0 saturated heterocycles. The lowest BCUT2D eigenvalue weighted by atomic mass is 10.3. The van der Waals surface area contributed by atoms with E-state index in [1.807, 2.05) is 16.8 Å². The van der Waals surface area contributed by atoms with Crippen molar-refractivity contribution in [2.75, 3.05) is 20.6 Å². The molecule has 106 valence electrons. The van der Waals surface area contributed by atoms with Crippen molar-refractivity contribution >= 4 is 34.5 Å². The van der Waals surface area contributed by atoms with Gasteiger partial charge in [0.2, 0.25) is 5.91 Å². The van der Waals surface area contributed by atoms with Gasteiger partial charge in [0.1, 0.15) is 9.88 Å². The monoisotopic (exact) mass is 309 g/mol. The van der Waals surface area contributed by atoms with Gasteiger partial charge in [0.15, 0.2) is 0 Å². The Labute approximate surface area is 125 Å². The van der Waals surface area contributed by atoms with E-state index in [-0.39, 0.29) is 18.4 Å². The van der Waals surface area contributed by atoms with E-state index >= 15 is 0 Å². The van der Waals surface area contributed by atoms with E-state index in [1.165, 1.54) is 16.2 Å². The van der Waals surface area contributed by atoms with Gasteiger partial charge >= 0.3 is 0 Å². The van der Waals surface area contributed by atoms with E-state index in [1.54, 1.807) is 32.4 Å². The van der Waals surface area contributed by atoms with E-state index in [0.717, 1.165) is 10.6 Å². The molecule has 0 spiro atoms. The molecule has 0 saturated carbocycles. The molecular formula is C13H15N3O2S2. The third kappa shape index (κ3) is 3.23. The van der Waals surface area contributed by atoms with Gasteiger partial charge in [-0.1, -0.05) is 0 Å². The van der Waals surface area contributed by atoms with Gasteiger partial charge in [-0.05, 0) is 18.4 Å². The van der Waals surface area contributed by atoms with Crippen LogP contribution in [0.5, 0.6) is 0 Å². The SMILES string of the molecule is Cc1nc(-c2ccsc2)sc1C(=O)NCC(=O)N(C)C. The normalized spacial score (nSPS) is 10.3. The summed E-state index contributed by atoms with van der Waals surface area (Å²) in [5, 5.41) is 7.42. The summed E-state index contributed by atoms with van der Waals surface area (Å²) < 4.78 is 0. The second-order valence-electron chi connectivity index (χ2n) is 4.42. The summed E-state index contributed by atoms with van der Waals surface area (Å²) in [4.78, 5) is 29.9. The van der Waals surface area contributed by atoms with Crippen LogP contribution in [-0.4, -0.2) is 42.3 Å². The lowest BCUT2D eigenvalue weighted by Crippen LogP contribution is -2.36. The van der Waals surface area contributed by atoms with Crippen molar-refractivity contribution in [3.05, 3.63) is 27.4 Å². The van der Waals surface area contributed by atoms with Crippen LogP contribution in [0.4, 0.5) is 0 Å². The fourth-order valence-electron chi connectivity index (χ4n) is 1.51. The number of hydrogen-bond donors (Lipinski definition) is 1. The van der Waals surface area contributed by atoms with Crippen molar-refractivity contribution in [3.8, 4) is 10.6 Å². The molecule has 2 heterocycles. The van der Waals surface area contributed by atoms with Crippen LogP contribution in [0.2, 0.25) is 0 Å². The Bertz CT molecular complexity index is 618. The fraction of sp³-hybridized carbons (Fsp3) is 0.308. The summed E-state index contributed by atoms with van der Waals surface area (Å²) in [5.41, 5.74) is 1.71. The average Bonchev–Trinajstić information content (AvgIpc) is 3.04. The minimum absolute atomic E-state index is 0.00302. The van der Waals surface area contributed by atoms with Gasteiger partial charge in [-0.3, -0.25) is 9.59 Å². The maximum absolute atomic E-state index is 12.1. The minimum Gasteiger partial charge on any atom is -0.347 e. The lowest BCUT2D eigenvalue weighted by Gasteiger charge is -2.10. The van der Waals surface area contributed by atoms with E-state index < -0.39 is 0 Å². The van der Waals surface area contributed by atoms with Crippen LogP contribution in [0.3, 0.4) is 0 Å². The van der Waals surface area contributed by atoms with Crippen molar-refractivity contribution in [2.45, 2.75) is 6.92 Å². The standard InChI is InChI=1S/C13H15N3O2S2/c1-8-11(12(18)14-6-10(17)16(2)3)20-13(15-8)9-4-5-19-7-9/h4-5,7H,6H2,1-3H3,(H,14,18). The third-order valence-electron chi connectivity index (χ3n) is 2.67. The molecule has 2 rings (SSSR count). The molecule has 20 heavy (non-hydrogen) atoms. The molecule has 7 heteroatoms. The molecule has 0 aliphatic heterocycles. The van der Waals surface area contributed by atoms with Gasteiger partial charge in [-0.2, -0.15) is 11.3 Å². The summed E-state index contributed by atoms with van der Waals surface area (Å²) in [5.74, 6) is -0.393. The van der Waals surface area contributed by atoms with Crippen molar-refractivity contribution in [3.63, 3.8) is 0 Å². The highest BCUT2D eigenvalue weighted by molar-refractivity contribution is 7.17. The largest absolute Gasteiger partial charge is 0.347 e. The van der Waals surface area contributed by atoms with Crippen molar-refractivity contribution < 1.29 is 9.59 Å². The maximum atomic E-state index is 12.1. The smallest absolute Gasteiger partial charge is 0.263 e. The topological polar surface area (TPSA) is 62.3 Å². The number of amides is 2. The Morgan fingerprint density at radius 1 is 1.40 bits per heavy atom. The van der Waals surface area contributed by atoms with Crippen LogP contribution in [0.15, 0.2) is 16.8 Å². The first-order valence-corrected chi connectivity index (χ1v) is 7.73. The van der Waals surface area contributed by atoms with Gasteiger partial charge in [-0.15, -0.1) is 11.3 Å². The van der Waals surface area contributed by atoms with Crippen LogP contribution < -0.4 is 5.32 Å². The first kappa shape index (κ1) is 14.7. The summed E-state index contributed by atoms with van der Waals surface area (Å²) in [6.45, 7) is 1.80. The molecule has 0 aliphatic rings. The van der Waals surface area contributed by atoms with Gasteiger partial charge in [0.25, 0.3) is 5.91 Å². The van der Waals surface area contributed by atoms with Crippen LogP contribution >= 0.6 is 22.7 Å². The van der Waals surface area contributed by atoms with Gasteiger partial charge in [0, 0.05) is 25.0 Å². The molecule has 2 amide bonds. The molecular weight excluding hydrogens is 294 g/mol. The molecule has 2 aromatic heterocycles. The number of aromatic nitrogens is 1. The first-order valence-electron chi connectivity index (χ1n) is 5.97. The Kier molecular flexibility index (Phi) is 4.51. The predicted molar refractivity (Wildman–Crippen MR) is 81.2 cm³/mol. The number of hydrogen-bond acceptors (Lipinski definition) is 5. The van der Waals surface area contributed by atoms with E-state index in [0.29, 0.717) is 10.6 Å². The number of aryl methyl sites for hydroxylation is 1. The molecule has 0 unspecified atom stereocenters. The number of thiophene rings is 1. The summed E-state index contributed by atoms with van der Waals surface area (Å²) in [6.07, 6.45) is 0. The predicted octanol–water partition coefficient (Wildman–Crippen LogP) is 2.00. The molecule has 1 N–H and O–H groups in total.